The molecule has 0 radical (unpaired) electrons. The van der Waals surface area contributed by atoms with E-state index in [1.54, 1.807) is 0 Å². The normalized spacial score (nSPS) is 18.6. The van der Waals surface area contributed by atoms with E-state index in [2.05, 4.69) is 6.58 Å². The van der Waals surface area contributed by atoms with Crippen LogP contribution < -0.4 is 14.2 Å². The van der Waals surface area contributed by atoms with Crippen LogP contribution in [0.5, 0.6) is 23.0 Å². The predicted molar refractivity (Wildman–Crippen MR) is 208 cm³/mol. The molecule has 0 aliphatic heterocycles. The van der Waals surface area contributed by atoms with E-state index in [-0.39, 0.29) is 85.7 Å². The smallest absolute Gasteiger partial charge is 0.342 e. The maximum Gasteiger partial charge on any atom is 0.342 e. The average Bonchev–Trinajstić information content (AvgIpc) is 3.25. The van der Waals surface area contributed by atoms with Gasteiger partial charge in [0.15, 0.2) is 0 Å². The minimum atomic E-state index is -0.833. The van der Waals surface area contributed by atoms with E-state index in [1.807, 2.05) is 0 Å². The minimum Gasteiger partial charge on any atom is -0.507 e. The fraction of sp³-hybridized carbons (Fsp3) is 0.512. The molecule has 60 heavy (non-hydrogen) atoms. The molecule has 0 unspecified atom stereocenters. The number of unbranched alkanes of at least 4 members (excludes halogenated alkanes) is 1. The monoisotopic (exact) mass is 840 g/mol. The molecule has 326 valence electrons. The molecule has 2 aromatic rings. The summed E-state index contributed by atoms with van der Waals surface area (Å²) in [6.07, 6.45) is 4.92. The number of phenolic OH excluding ortho intramolecular Hbond substituents is 1. The number of aromatic hydroxyl groups is 1. The molecule has 0 aromatic heterocycles. The molecule has 2 fully saturated rings. The maximum atomic E-state index is 13.3. The van der Waals surface area contributed by atoms with Crippen LogP contribution in [-0.2, 0) is 52.4 Å². The second kappa shape index (κ2) is 24.3. The Bertz CT molecular complexity index is 1820. The second-order valence-electron chi connectivity index (χ2n) is 14.2. The first-order valence-corrected chi connectivity index (χ1v) is 19.8. The molecule has 17 heteroatoms. The number of methoxy groups -OCH3 is 2. The van der Waals surface area contributed by atoms with Crippen LogP contribution in [0, 0.1) is 23.7 Å². The van der Waals surface area contributed by atoms with Crippen molar-refractivity contribution in [1.29, 1.82) is 0 Å². The number of rotatable bonds is 21. The zero-order valence-corrected chi connectivity index (χ0v) is 33.9. The number of phenols is 1. The Labute approximate surface area is 347 Å². The van der Waals surface area contributed by atoms with Crippen molar-refractivity contribution < 1.29 is 81.3 Å². The molecule has 0 amide bonds. The van der Waals surface area contributed by atoms with Gasteiger partial charge in [0.25, 0.3) is 0 Å². The summed E-state index contributed by atoms with van der Waals surface area (Å²) >= 11 is 0. The van der Waals surface area contributed by atoms with E-state index in [1.165, 1.54) is 50.6 Å². The third-order valence-electron chi connectivity index (χ3n) is 10.0. The van der Waals surface area contributed by atoms with E-state index < -0.39 is 53.6 Å². The molecule has 2 aromatic carbocycles. The van der Waals surface area contributed by atoms with Crippen molar-refractivity contribution in [3.05, 3.63) is 60.2 Å². The quantitative estimate of drug-likeness (QED) is 0.0569. The van der Waals surface area contributed by atoms with Crippen LogP contribution in [0.15, 0.2) is 49.1 Å². The minimum absolute atomic E-state index is 0.0145. The molecule has 2 aliphatic rings. The fourth-order valence-corrected chi connectivity index (χ4v) is 6.60. The van der Waals surface area contributed by atoms with E-state index in [0.717, 1.165) is 6.08 Å². The van der Waals surface area contributed by atoms with E-state index >= 15 is 0 Å². The highest BCUT2D eigenvalue weighted by molar-refractivity contribution is 5.95. The molecule has 0 heterocycles. The van der Waals surface area contributed by atoms with Crippen molar-refractivity contribution >= 4 is 41.8 Å². The third-order valence-corrected chi connectivity index (χ3v) is 10.0. The lowest BCUT2D eigenvalue weighted by Crippen LogP contribution is -2.30. The van der Waals surface area contributed by atoms with Crippen molar-refractivity contribution in [3.8, 4) is 23.0 Å². The van der Waals surface area contributed by atoms with Crippen molar-refractivity contribution in [3.63, 3.8) is 0 Å². The molecule has 0 saturated heterocycles. The van der Waals surface area contributed by atoms with Crippen LogP contribution in [0.25, 0.3) is 0 Å². The number of hydrogen-bond acceptors (Lipinski definition) is 17. The summed E-state index contributed by atoms with van der Waals surface area (Å²) in [4.78, 5) is 88.6. The highest BCUT2D eigenvalue weighted by Gasteiger charge is 2.34. The van der Waals surface area contributed by atoms with Crippen molar-refractivity contribution in [2.45, 2.75) is 64.2 Å². The first-order valence-electron chi connectivity index (χ1n) is 19.8. The lowest BCUT2D eigenvalue weighted by molar-refractivity contribution is -0.152. The van der Waals surface area contributed by atoms with Gasteiger partial charge in [-0.05, 0) is 101 Å². The third kappa shape index (κ3) is 14.5. The standard InChI is InChI=1S/C43H52O17/c1-4-37(45)54-19-5-6-20-55-38(46)27-7-9-30(10-8-27)41(49)60-36-18-16-32(26-34(36)43(51)57-24-22-53-3)59-40(48)29-13-11-28(12-14-29)39(47)58-31-15-17-35(44)33(25-31)42(50)56-23-21-52-2/h4,15-18,25-30,44H,1,5-14,19-24H2,2-3H3. The van der Waals surface area contributed by atoms with Gasteiger partial charge in [-0.15, -0.1) is 0 Å². The first kappa shape index (κ1) is 46.9. The molecule has 0 spiro atoms. The summed E-state index contributed by atoms with van der Waals surface area (Å²) in [7, 11) is 2.89. The molecule has 2 saturated carbocycles. The Morgan fingerprint density at radius 2 is 0.983 bits per heavy atom. The van der Waals surface area contributed by atoms with Crippen LogP contribution in [0.3, 0.4) is 0 Å². The van der Waals surface area contributed by atoms with E-state index in [0.29, 0.717) is 64.2 Å². The lowest BCUT2D eigenvalue weighted by atomic mass is 9.82. The summed E-state index contributed by atoms with van der Waals surface area (Å²) < 4.78 is 47.2. The van der Waals surface area contributed by atoms with Gasteiger partial charge in [-0.1, -0.05) is 6.58 Å². The van der Waals surface area contributed by atoms with Gasteiger partial charge < -0.3 is 47.7 Å². The Morgan fingerprint density at radius 3 is 1.48 bits per heavy atom. The topological polar surface area (TPSA) is 223 Å². The maximum absolute atomic E-state index is 13.3. The summed E-state index contributed by atoms with van der Waals surface area (Å²) in [5.41, 5.74) is -0.316. The molecule has 0 atom stereocenters. The Morgan fingerprint density at radius 1 is 0.550 bits per heavy atom. The van der Waals surface area contributed by atoms with Crippen LogP contribution in [0.2, 0.25) is 0 Å². The van der Waals surface area contributed by atoms with Crippen molar-refractivity contribution in [2.24, 2.45) is 23.7 Å². The molecule has 2 aliphatic carbocycles. The lowest BCUT2D eigenvalue weighted by Gasteiger charge is -2.26. The predicted octanol–water partition coefficient (Wildman–Crippen LogP) is 5.08. The van der Waals surface area contributed by atoms with Crippen molar-refractivity contribution in [1.82, 2.24) is 0 Å². The van der Waals surface area contributed by atoms with Gasteiger partial charge in [0.2, 0.25) is 0 Å². The largest absolute Gasteiger partial charge is 0.507 e. The SMILES string of the molecule is C=CC(=O)OCCCCOC(=O)C1CCC(C(=O)Oc2ccc(OC(=O)C3CCC(C(=O)Oc4ccc(O)c(C(=O)OCCOC)c4)CC3)cc2C(=O)OCCOC)CC1. The molecular weight excluding hydrogens is 788 g/mol. The molecule has 1 N–H and O–H groups in total. The van der Waals surface area contributed by atoms with Gasteiger partial charge in [0.1, 0.15) is 47.3 Å². The van der Waals surface area contributed by atoms with Crippen molar-refractivity contribution in [2.75, 3.05) is 53.9 Å². The zero-order valence-electron chi connectivity index (χ0n) is 33.9. The number of carbonyl (C=O) groups is 7. The van der Waals surface area contributed by atoms with Gasteiger partial charge in [-0.3, -0.25) is 19.2 Å². The molecule has 17 nitrogen and oxygen atoms in total. The Kier molecular flexibility index (Phi) is 19.0. The van der Waals surface area contributed by atoms with Gasteiger partial charge in [-0.25, -0.2) is 14.4 Å². The molecular formula is C43H52O17. The summed E-state index contributed by atoms with van der Waals surface area (Å²) in [6.45, 7) is 3.88. The highest BCUT2D eigenvalue weighted by atomic mass is 16.6. The highest BCUT2D eigenvalue weighted by Crippen LogP contribution is 2.35. The fourth-order valence-electron chi connectivity index (χ4n) is 6.60. The Balaban J connectivity index is 1.28. The zero-order chi connectivity index (χ0) is 43.4. The van der Waals surface area contributed by atoms with Crippen LogP contribution in [0.1, 0.15) is 84.9 Å². The van der Waals surface area contributed by atoms with Crippen LogP contribution >= 0.6 is 0 Å². The number of ether oxygens (including phenoxy) is 9. The number of benzene rings is 2. The van der Waals surface area contributed by atoms with E-state index in [4.69, 9.17) is 42.6 Å². The number of hydrogen-bond donors (Lipinski definition) is 1. The molecule has 4 rings (SSSR count). The van der Waals surface area contributed by atoms with Crippen LogP contribution in [0.4, 0.5) is 0 Å². The summed E-state index contributed by atoms with van der Waals surface area (Å²) in [5.74, 6) is -6.62. The summed E-state index contributed by atoms with van der Waals surface area (Å²) in [6, 6.07) is 7.78. The van der Waals surface area contributed by atoms with Gasteiger partial charge >= 0.3 is 41.8 Å². The number of esters is 7. The second-order valence-corrected chi connectivity index (χ2v) is 14.2. The van der Waals surface area contributed by atoms with E-state index in [9.17, 15) is 38.7 Å². The first-order chi connectivity index (χ1) is 28.9. The Hall–Kier alpha value is -5.81. The van der Waals surface area contributed by atoms with Gasteiger partial charge in [-0.2, -0.15) is 0 Å². The van der Waals surface area contributed by atoms with Gasteiger partial charge in [0.05, 0.1) is 50.1 Å². The number of carbonyl (C=O) groups excluding carboxylic acids is 7. The van der Waals surface area contributed by atoms with Crippen LogP contribution in [-0.4, -0.2) is 101 Å². The average molecular weight is 841 g/mol. The van der Waals surface area contributed by atoms with Gasteiger partial charge in [0, 0.05) is 20.3 Å². The summed E-state index contributed by atoms with van der Waals surface area (Å²) in [5, 5.41) is 10.1. The molecule has 0 bridgehead atoms.